The average molecular weight is 318 g/mol. The first-order chi connectivity index (χ1) is 10.6. The molecule has 0 N–H and O–H groups in total. The molecule has 0 radical (unpaired) electrons. The molecule has 0 aliphatic rings. The van der Waals surface area contributed by atoms with E-state index in [0.717, 1.165) is 12.1 Å². The molecule has 22 heavy (non-hydrogen) atoms. The molecule has 4 nitrogen and oxygen atoms in total. The maximum Gasteiger partial charge on any atom is 0.230 e. The maximum absolute atomic E-state index is 13.4. The number of halogens is 3. The highest BCUT2D eigenvalue weighted by molar-refractivity contribution is 6.32. The van der Waals surface area contributed by atoms with E-state index < -0.39 is 11.6 Å². The van der Waals surface area contributed by atoms with E-state index in [2.05, 4.69) is 9.97 Å². The van der Waals surface area contributed by atoms with E-state index in [0.29, 0.717) is 5.56 Å². The number of benzene rings is 2. The number of ether oxygens (including phenoxy) is 1. The van der Waals surface area contributed by atoms with Crippen molar-refractivity contribution in [3.05, 3.63) is 58.9 Å². The van der Waals surface area contributed by atoms with Crippen LogP contribution < -0.4 is 4.74 Å². The van der Waals surface area contributed by atoms with Gasteiger partial charge in [0.2, 0.25) is 5.88 Å². The largest absolute Gasteiger partial charge is 0.437 e. The summed E-state index contributed by atoms with van der Waals surface area (Å²) >= 11 is 6.01. The van der Waals surface area contributed by atoms with Gasteiger partial charge in [0.15, 0.2) is 11.6 Å². The van der Waals surface area contributed by atoms with Crippen LogP contribution in [0.1, 0.15) is 5.56 Å². The van der Waals surface area contributed by atoms with E-state index >= 15 is 0 Å². The number of rotatable bonds is 2. The molecule has 7 heteroatoms. The van der Waals surface area contributed by atoms with Gasteiger partial charge in [0, 0.05) is 6.07 Å². The highest BCUT2D eigenvalue weighted by atomic mass is 35.5. The Balaban J connectivity index is 2.08. The third-order valence-electron chi connectivity index (χ3n) is 2.91. The first kappa shape index (κ1) is 14.2. The Morgan fingerprint density at radius 2 is 1.86 bits per heavy atom. The molecule has 1 aromatic heterocycles. The highest BCUT2D eigenvalue weighted by Crippen LogP contribution is 2.32. The van der Waals surface area contributed by atoms with Gasteiger partial charge in [-0.05, 0) is 24.3 Å². The summed E-state index contributed by atoms with van der Waals surface area (Å²) in [7, 11) is 0. The van der Waals surface area contributed by atoms with Gasteiger partial charge in [0.25, 0.3) is 0 Å². The Kier molecular flexibility index (Phi) is 3.57. The van der Waals surface area contributed by atoms with Crippen molar-refractivity contribution < 1.29 is 13.5 Å². The second-order valence-corrected chi connectivity index (χ2v) is 4.73. The van der Waals surface area contributed by atoms with E-state index in [1.165, 1.54) is 24.5 Å². The molecule has 0 unspecified atom stereocenters. The van der Waals surface area contributed by atoms with Gasteiger partial charge in [0.05, 0.1) is 27.6 Å². The van der Waals surface area contributed by atoms with Gasteiger partial charge in [-0.2, -0.15) is 5.26 Å². The van der Waals surface area contributed by atoms with Crippen LogP contribution in [0.4, 0.5) is 8.78 Å². The van der Waals surface area contributed by atoms with Gasteiger partial charge < -0.3 is 4.74 Å². The number of nitrogens with zero attached hydrogens (tertiary/aromatic N) is 3. The fraction of sp³-hybridized carbons (Fsp3) is 0. The zero-order valence-corrected chi connectivity index (χ0v) is 11.6. The van der Waals surface area contributed by atoms with Gasteiger partial charge >= 0.3 is 0 Å². The van der Waals surface area contributed by atoms with Crippen molar-refractivity contribution in [2.75, 3.05) is 0 Å². The van der Waals surface area contributed by atoms with Crippen molar-refractivity contribution in [2.24, 2.45) is 0 Å². The molecule has 1 heterocycles. The standard InChI is InChI=1S/C15H6ClF2N3O/c16-10-3-8(6-19)1-2-14(10)22-15-9-4-11(17)12(18)5-13(9)20-7-21-15/h1-5,7H. The van der Waals surface area contributed by atoms with Crippen molar-refractivity contribution >= 4 is 22.5 Å². The fourth-order valence-corrected chi connectivity index (χ4v) is 2.09. The molecule has 0 aliphatic heterocycles. The summed E-state index contributed by atoms with van der Waals surface area (Å²) in [6.45, 7) is 0. The summed E-state index contributed by atoms with van der Waals surface area (Å²) in [5, 5.41) is 9.21. The molecule has 0 aliphatic carbocycles. The van der Waals surface area contributed by atoms with Crippen molar-refractivity contribution in [3.63, 3.8) is 0 Å². The minimum Gasteiger partial charge on any atom is -0.437 e. The summed E-state index contributed by atoms with van der Waals surface area (Å²) in [5.41, 5.74) is 0.576. The minimum atomic E-state index is -1.03. The Morgan fingerprint density at radius 1 is 1.09 bits per heavy atom. The van der Waals surface area contributed by atoms with E-state index in [9.17, 15) is 8.78 Å². The predicted octanol–water partition coefficient (Wildman–Crippen LogP) is 4.23. The minimum absolute atomic E-state index is 0.0375. The van der Waals surface area contributed by atoms with Crippen LogP contribution in [0.25, 0.3) is 10.9 Å². The second kappa shape index (κ2) is 5.54. The summed E-state index contributed by atoms with van der Waals surface area (Å²) in [6, 6.07) is 8.30. The highest BCUT2D eigenvalue weighted by Gasteiger charge is 2.12. The SMILES string of the molecule is N#Cc1ccc(Oc2ncnc3cc(F)c(F)cc23)c(Cl)c1. The fourth-order valence-electron chi connectivity index (χ4n) is 1.87. The summed E-state index contributed by atoms with van der Waals surface area (Å²) in [4.78, 5) is 7.77. The van der Waals surface area contributed by atoms with Crippen LogP contribution in [-0.2, 0) is 0 Å². The lowest BCUT2D eigenvalue weighted by atomic mass is 10.2. The summed E-state index contributed by atoms with van der Waals surface area (Å²) in [6.07, 6.45) is 1.17. The quantitative estimate of drug-likeness (QED) is 0.710. The van der Waals surface area contributed by atoms with Crippen LogP contribution in [0, 0.1) is 23.0 Å². The second-order valence-electron chi connectivity index (χ2n) is 4.32. The van der Waals surface area contributed by atoms with E-state index in [-0.39, 0.29) is 27.6 Å². The number of nitriles is 1. The molecule has 0 spiro atoms. The first-order valence-corrected chi connectivity index (χ1v) is 6.43. The predicted molar refractivity (Wildman–Crippen MR) is 75.7 cm³/mol. The van der Waals surface area contributed by atoms with Crippen LogP contribution >= 0.6 is 11.6 Å². The van der Waals surface area contributed by atoms with Crippen molar-refractivity contribution in [1.29, 1.82) is 5.26 Å². The third-order valence-corrected chi connectivity index (χ3v) is 3.20. The van der Waals surface area contributed by atoms with Gasteiger partial charge in [0.1, 0.15) is 12.1 Å². The lowest BCUT2D eigenvalue weighted by Gasteiger charge is -2.09. The molecule has 0 atom stereocenters. The lowest BCUT2D eigenvalue weighted by molar-refractivity contribution is 0.467. The summed E-state index contributed by atoms with van der Waals surface area (Å²) < 4.78 is 32.2. The molecule has 0 saturated heterocycles. The molecule has 0 fully saturated rings. The number of aromatic nitrogens is 2. The average Bonchev–Trinajstić information content (AvgIpc) is 2.51. The monoisotopic (exact) mass is 317 g/mol. The molecular weight excluding hydrogens is 312 g/mol. The van der Waals surface area contributed by atoms with Crippen LogP contribution in [0.3, 0.4) is 0 Å². The van der Waals surface area contributed by atoms with Crippen LogP contribution in [0.2, 0.25) is 5.02 Å². The van der Waals surface area contributed by atoms with E-state index in [1.807, 2.05) is 6.07 Å². The van der Waals surface area contributed by atoms with Gasteiger partial charge in [-0.15, -0.1) is 0 Å². The first-order valence-electron chi connectivity index (χ1n) is 6.06. The Hall–Kier alpha value is -2.78. The molecule has 0 bridgehead atoms. The molecule has 3 rings (SSSR count). The molecule has 2 aromatic carbocycles. The number of hydrogen-bond donors (Lipinski definition) is 0. The normalized spacial score (nSPS) is 10.5. The zero-order valence-electron chi connectivity index (χ0n) is 10.8. The molecule has 108 valence electrons. The number of fused-ring (bicyclic) bond motifs is 1. The molecule has 0 saturated carbocycles. The van der Waals surface area contributed by atoms with Gasteiger partial charge in [-0.3, -0.25) is 0 Å². The Bertz CT molecular complexity index is 925. The van der Waals surface area contributed by atoms with Crippen LogP contribution in [0.15, 0.2) is 36.7 Å². The van der Waals surface area contributed by atoms with Crippen LogP contribution in [-0.4, -0.2) is 9.97 Å². The molecule has 0 amide bonds. The Labute approximate surface area is 128 Å². The molecule has 3 aromatic rings. The van der Waals surface area contributed by atoms with Crippen molar-refractivity contribution in [1.82, 2.24) is 9.97 Å². The molecular formula is C15H6ClF2N3O. The summed E-state index contributed by atoms with van der Waals surface area (Å²) in [5.74, 6) is -1.76. The Morgan fingerprint density at radius 3 is 2.59 bits per heavy atom. The van der Waals surface area contributed by atoms with E-state index in [4.69, 9.17) is 21.6 Å². The van der Waals surface area contributed by atoms with Crippen molar-refractivity contribution in [2.45, 2.75) is 0 Å². The topological polar surface area (TPSA) is 58.8 Å². The lowest BCUT2D eigenvalue weighted by Crippen LogP contribution is -1.94. The third kappa shape index (κ3) is 2.54. The number of hydrogen-bond acceptors (Lipinski definition) is 4. The zero-order chi connectivity index (χ0) is 15.7. The van der Waals surface area contributed by atoms with Gasteiger partial charge in [-0.25, -0.2) is 18.7 Å². The van der Waals surface area contributed by atoms with Gasteiger partial charge in [-0.1, -0.05) is 11.6 Å². The van der Waals surface area contributed by atoms with E-state index in [1.54, 1.807) is 0 Å². The smallest absolute Gasteiger partial charge is 0.230 e. The maximum atomic E-state index is 13.4. The van der Waals surface area contributed by atoms with Crippen molar-refractivity contribution in [3.8, 4) is 17.7 Å². The van der Waals surface area contributed by atoms with Crippen LogP contribution in [0.5, 0.6) is 11.6 Å².